The van der Waals surface area contributed by atoms with Crippen LogP contribution in [0.5, 0.6) is 0 Å². The van der Waals surface area contributed by atoms with Crippen LogP contribution in [0.25, 0.3) is 0 Å². The van der Waals surface area contributed by atoms with Gasteiger partial charge in [0, 0.05) is 24.0 Å². The number of rotatable bonds is 10. The van der Waals surface area contributed by atoms with E-state index in [9.17, 15) is 9.90 Å². The Morgan fingerprint density at radius 2 is 2.05 bits per heavy atom. The molecule has 1 heterocycles. The SMILES string of the molecule is O=C(O)CCCCN=C([O-])CCCC[C@H]1CCSS1. The van der Waals surface area contributed by atoms with Gasteiger partial charge in [-0.15, -0.1) is 0 Å². The summed E-state index contributed by atoms with van der Waals surface area (Å²) in [6.45, 7) is 0.473. The largest absolute Gasteiger partial charge is 0.862 e. The van der Waals surface area contributed by atoms with Gasteiger partial charge in [-0.2, -0.15) is 0 Å². The molecule has 1 aliphatic rings. The number of carboxylic acids is 1. The Bertz CT molecular complexity index is 292. The summed E-state index contributed by atoms with van der Waals surface area (Å²) in [7, 11) is 3.94. The lowest BCUT2D eigenvalue weighted by Crippen LogP contribution is -2.17. The molecule has 110 valence electrons. The van der Waals surface area contributed by atoms with Crippen molar-refractivity contribution in [1.82, 2.24) is 0 Å². The van der Waals surface area contributed by atoms with Gasteiger partial charge in [0.2, 0.25) is 0 Å². The highest BCUT2D eigenvalue weighted by atomic mass is 33.1. The highest BCUT2D eigenvalue weighted by Crippen LogP contribution is 2.39. The number of hydrogen-bond donors (Lipinski definition) is 1. The molecule has 1 saturated heterocycles. The normalized spacial score (nSPS) is 19.8. The predicted octanol–water partition coefficient (Wildman–Crippen LogP) is 2.71. The van der Waals surface area contributed by atoms with E-state index in [0.717, 1.165) is 18.1 Å². The second-order valence-electron chi connectivity index (χ2n) is 4.70. The van der Waals surface area contributed by atoms with Gasteiger partial charge in [0.25, 0.3) is 0 Å². The zero-order valence-corrected chi connectivity index (χ0v) is 12.8. The minimum Gasteiger partial charge on any atom is -0.862 e. The molecule has 1 rings (SSSR count). The number of hydrogen-bond acceptors (Lipinski definition) is 5. The summed E-state index contributed by atoms with van der Waals surface area (Å²) in [5.41, 5.74) is 0. The molecule has 1 aliphatic heterocycles. The first-order chi connectivity index (χ1) is 9.18. The van der Waals surface area contributed by atoms with Crippen molar-refractivity contribution in [3.05, 3.63) is 0 Å². The van der Waals surface area contributed by atoms with Crippen LogP contribution in [0.3, 0.4) is 0 Å². The zero-order chi connectivity index (χ0) is 13.9. The van der Waals surface area contributed by atoms with E-state index in [0.29, 0.717) is 25.8 Å². The Balaban J connectivity index is 1.93. The molecule has 0 aliphatic carbocycles. The maximum absolute atomic E-state index is 11.4. The lowest BCUT2D eigenvalue weighted by Gasteiger charge is -2.11. The summed E-state index contributed by atoms with van der Waals surface area (Å²) >= 11 is 0. The number of aliphatic imine (C=N–C) groups is 1. The molecule has 0 aromatic heterocycles. The van der Waals surface area contributed by atoms with Crippen LogP contribution in [-0.4, -0.2) is 34.5 Å². The van der Waals surface area contributed by atoms with Crippen LogP contribution in [0.4, 0.5) is 0 Å². The van der Waals surface area contributed by atoms with Crippen molar-refractivity contribution < 1.29 is 15.0 Å². The van der Waals surface area contributed by atoms with Gasteiger partial charge in [0.15, 0.2) is 0 Å². The Morgan fingerprint density at radius 1 is 1.26 bits per heavy atom. The highest BCUT2D eigenvalue weighted by Gasteiger charge is 2.15. The topological polar surface area (TPSA) is 72.7 Å². The number of aliphatic carboxylic acids is 1. The summed E-state index contributed by atoms with van der Waals surface area (Å²) in [6.07, 6.45) is 6.55. The third kappa shape index (κ3) is 9.21. The fraction of sp³-hybridized carbons (Fsp3) is 0.846. The van der Waals surface area contributed by atoms with E-state index in [1.807, 2.05) is 21.6 Å². The van der Waals surface area contributed by atoms with Crippen molar-refractivity contribution in [2.75, 3.05) is 12.3 Å². The molecular formula is C13H22NO3S2-. The van der Waals surface area contributed by atoms with Gasteiger partial charge >= 0.3 is 5.97 Å². The quantitative estimate of drug-likeness (QED) is 0.291. The summed E-state index contributed by atoms with van der Waals surface area (Å²) < 4.78 is 0. The van der Waals surface area contributed by atoms with Gasteiger partial charge in [-0.25, -0.2) is 0 Å². The molecule has 0 aromatic rings. The average molecular weight is 304 g/mol. The van der Waals surface area contributed by atoms with Crippen LogP contribution in [0.2, 0.25) is 0 Å². The molecule has 1 N–H and O–H groups in total. The lowest BCUT2D eigenvalue weighted by atomic mass is 10.1. The van der Waals surface area contributed by atoms with Gasteiger partial charge in [0.1, 0.15) is 0 Å². The lowest BCUT2D eigenvalue weighted by molar-refractivity contribution is -0.219. The Kier molecular flexibility index (Phi) is 9.16. The molecule has 0 bridgehead atoms. The second kappa shape index (κ2) is 10.4. The minimum absolute atomic E-state index is 0.0243. The van der Waals surface area contributed by atoms with E-state index in [1.165, 1.54) is 18.6 Å². The summed E-state index contributed by atoms with van der Waals surface area (Å²) in [5, 5.41) is 20.7. The van der Waals surface area contributed by atoms with Crippen LogP contribution >= 0.6 is 21.6 Å². The van der Waals surface area contributed by atoms with E-state index in [4.69, 9.17) is 5.11 Å². The van der Waals surface area contributed by atoms with Gasteiger partial charge in [0.05, 0.1) is 0 Å². The number of unbranched alkanes of at least 4 members (excludes halogenated alkanes) is 2. The van der Waals surface area contributed by atoms with Gasteiger partial charge in [-0.1, -0.05) is 28.0 Å². The molecule has 0 amide bonds. The highest BCUT2D eigenvalue weighted by molar-refractivity contribution is 8.77. The van der Waals surface area contributed by atoms with Gasteiger partial charge in [-0.05, 0) is 44.4 Å². The van der Waals surface area contributed by atoms with E-state index in [1.54, 1.807) is 0 Å². The maximum atomic E-state index is 11.4. The molecule has 1 atom stereocenters. The van der Waals surface area contributed by atoms with Gasteiger partial charge in [-0.3, -0.25) is 4.79 Å². The van der Waals surface area contributed by atoms with Crippen molar-refractivity contribution in [2.45, 2.75) is 56.6 Å². The average Bonchev–Trinajstić information content (AvgIpc) is 2.87. The third-order valence-electron chi connectivity index (χ3n) is 2.98. The van der Waals surface area contributed by atoms with Crippen molar-refractivity contribution >= 4 is 33.5 Å². The second-order valence-corrected chi connectivity index (χ2v) is 7.49. The molecule has 0 spiro atoms. The van der Waals surface area contributed by atoms with Crippen LogP contribution in [0.15, 0.2) is 4.99 Å². The van der Waals surface area contributed by atoms with Crippen LogP contribution < -0.4 is 5.11 Å². The molecule has 0 aromatic carbocycles. The Morgan fingerprint density at radius 3 is 2.74 bits per heavy atom. The molecular weight excluding hydrogens is 282 g/mol. The number of nitrogens with zero attached hydrogens (tertiary/aromatic N) is 1. The molecule has 0 radical (unpaired) electrons. The van der Waals surface area contributed by atoms with Crippen molar-refractivity contribution in [3.63, 3.8) is 0 Å². The molecule has 6 heteroatoms. The van der Waals surface area contributed by atoms with E-state index < -0.39 is 5.97 Å². The van der Waals surface area contributed by atoms with E-state index in [2.05, 4.69) is 4.99 Å². The monoisotopic (exact) mass is 304 g/mol. The van der Waals surface area contributed by atoms with E-state index >= 15 is 0 Å². The minimum atomic E-state index is -0.783. The summed E-state index contributed by atoms with van der Waals surface area (Å²) in [6, 6.07) is 0. The fourth-order valence-corrected chi connectivity index (χ4v) is 4.91. The first-order valence-electron chi connectivity index (χ1n) is 6.89. The van der Waals surface area contributed by atoms with Crippen molar-refractivity contribution in [3.8, 4) is 0 Å². The van der Waals surface area contributed by atoms with Crippen LogP contribution in [-0.2, 0) is 4.79 Å². The van der Waals surface area contributed by atoms with Crippen molar-refractivity contribution in [2.24, 2.45) is 4.99 Å². The molecule has 19 heavy (non-hydrogen) atoms. The molecule has 0 unspecified atom stereocenters. The molecule has 0 saturated carbocycles. The number of carbonyl (C=O) groups is 1. The third-order valence-corrected chi connectivity index (χ3v) is 5.99. The number of carboxylic acid groups (broad SMARTS) is 1. The Labute approximate surface area is 122 Å². The van der Waals surface area contributed by atoms with Crippen molar-refractivity contribution in [1.29, 1.82) is 0 Å². The first-order valence-corrected chi connectivity index (χ1v) is 9.27. The predicted molar refractivity (Wildman–Crippen MR) is 80.7 cm³/mol. The van der Waals surface area contributed by atoms with Crippen LogP contribution in [0, 0.1) is 0 Å². The molecule has 1 fully saturated rings. The first kappa shape index (κ1) is 16.7. The zero-order valence-electron chi connectivity index (χ0n) is 11.2. The fourth-order valence-electron chi connectivity index (χ4n) is 1.88. The van der Waals surface area contributed by atoms with Crippen LogP contribution in [0.1, 0.15) is 51.4 Å². The van der Waals surface area contributed by atoms with E-state index in [-0.39, 0.29) is 12.3 Å². The van der Waals surface area contributed by atoms with Gasteiger partial charge < -0.3 is 15.2 Å². The summed E-state index contributed by atoms with van der Waals surface area (Å²) in [4.78, 5) is 14.2. The summed E-state index contributed by atoms with van der Waals surface area (Å²) in [5.74, 6) is 0.456. The molecule has 4 nitrogen and oxygen atoms in total. The smallest absolute Gasteiger partial charge is 0.303 e. The Hall–Kier alpha value is -0.360. The maximum Gasteiger partial charge on any atom is 0.303 e. The standard InChI is InChI=1S/C13H23NO3S2/c15-12(14-9-4-3-7-13(16)17)6-2-1-5-11-8-10-18-19-11/h11H,1-10H2,(H,14,15)(H,16,17)/p-1/t11-/m0/s1.